The van der Waals surface area contributed by atoms with E-state index in [0.29, 0.717) is 6.42 Å². The number of halogens is 2. The molecule has 1 aliphatic heterocycles. The molecule has 5 N–H and O–H groups in total. The van der Waals surface area contributed by atoms with Gasteiger partial charge in [-0.25, -0.2) is 18.4 Å². The van der Waals surface area contributed by atoms with Crippen LogP contribution in [0.15, 0.2) is 66.7 Å². The molecule has 6 amide bonds. The van der Waals surface area contributed by atoms with E-state index in [9.17, 15) is 42.3 Å². The molecule has 5 rings (SSSR count). The molecule has 0 bridgehead atoms. The monoisotopic (exact) mass is 874 g/mol. The van der Waals surface area contributed by atoms with Gasteiger partial charge >= 0.3 is 12.1 Å². The predicted molar refractivity (Wildman–Crippen MR) is 228 cm³/mol. The fraction of sp³-hybridized carbons (Fsp3) is 0.457. The highest BCUT2D eigenvalue weighted by molar-refractivity contribution is 5.97. The van der Waals surface area contributed by atoms with E-state index in [0.717, 1.165) is 40.5 Å². The van der Waals surface area contributed by atoms with E-state index >= 15 is 0 Å². The second kappa shape index (κ2) is 21.1. The summed E-state index contributed by atoms with van der Waals surface area (Å²) < 4.78 is 40.3. The lowest BCUT2D eigenvalue weighted by Crippen LogP contribution is -2.60. The van der Waals surface area contributed by atoms with E-state index in [1.54, 1.807) is 27.7 Å². The number of nitrogens with zero attached hydrogens (tertiary/aromatic N) is 1. The molecule has 3 aromatic rings. The molecule has 1 saturated heterocycles. The van der Waals surface area contributed by atoms with E-state index in [1.807, 2.05) is 48.5 Å². The number of esters is 1. The molecule has 0 radical (unpaired) electrons. The molecular weight excluding hydrogens is 819 g/mol. The Morgan fingerprint density at radius 3 is 1.81 bits per heavy atom. The highest BCUT2D eigenvalue weighted by Crippen LogP contribution is 2.44. The van der Waals surface area contributed by atoms with Crippen molar-refractivity contribution in [3.05, 3.63) is 95.1 Å². The van der Waals surface area contributed by atoms with Gasteiger partial charge in [-0.3, -0.25) is 24.0 Å². The van der Waals surface area contributed by atoms with Crippen LogP contribution in [0, 0.1) is 23.5 Å². The Morgan fingerprint density at radius 2 is 1.24 bits per heavy atom. The molecule has 0 saturated carbocycles. The van der Waals surface area contributed by atoms with Crippen molar-refractivity contribution in [3.8, 4) is 11.1 Å². The molecule has 2 aliphatic rings. The maximum absolute atomic E-state index is 15.0. The maximum atomic E-state index is 15.0. The van der Waals surface area contributed by atoms with Crippen LogP contribution in [0.2, 0.25) is 0 Å². The van der Waals surface area contributed by atoms with Gasteiger partial charge in [0.05, 0.1) is 7.11 Å². The lowest BCUT2D eigenvalue weighted by Gasteiger charge is -2.31. The number of likely N-dealkylation sites (tertiary alicyclic amines) is 1. The molecule has 1 heterocycles. The van der Waals surface area contributed by atoms with Crippen LogP contribution >= 0.6 is 0 Å². The fourth-order valence-corrected chi connectivity index (χ4v) is 7.87. The molecule has 0 spiro atoms. The van der Waals surface area contributed by atoms with Gasteiger partial charge in [0.2, 0.25) is 29.5 Å². The predicted octanol–water partition coefficient (Wildman–Crippen LogP) is 3.87. The summed E-state index contributed by atoms with van der Waals surface area (Å²) in [6.07, 6.45) is -0.971. The molecule has 0 unspecified atom stereocenters. The first-order chi connectivity index (χ1) is 29.9. The standard InChI is InChI=1S/C46H56F2N6O9/c1-24(2)38(43(58)53-39(25(3)4)45(60)62-7)52-42(57)37-20-13-21-54(37)44(59)36(22-32-34(47)18-12-19-35(32)48)51-41(56)26(5)49-40(55)27(6)50-46(61)63-23-33-30-16-10-8-14-28(30)29-15-9-11-17-31(29)33/h8-12,14-19,24-27,33,36-39H,13,20-23H2,1-7H3,(H,49,55)(H,50,61)(H,51,56)(H,52,57)(H,53,58)/t26-,27-,36-,37-,38-,39-/m0/s1. The number of carbonyl (C=O) groups excluding carboxylic acids is 7. The number of rotatable bonds is 17. The number of carbonyl (C=O) groups is 7. The Labute approximate surface area is 365 Å². The highest BCUT2D eigenvalue weighted by atomic mass is 19.1. The van der Waals surface area contributed by atoms with Crippen LogP contribution in [0.5, 0.6) is 0 Å². The summed E-state index contributed by atoms with van der Waals surface area (Å²) in [5.74, 6) is -7.40. The van der Waals surface area contributed by atoms with Gasteiger partial charge in [0.1, 0.15) is 54.5 Å². The molecule has 6 atom stereocenters. The third-order valence-electron chi connectivity index (χ3n) is 11.4. The van der Waals surface area contributed by atoms with Crippen molar-refractivity contribution < 1.29 is 51.8 Å². The van der Waals surface area contributed by atoms with Gasteiger partial charge in [-0.1, -0.05) is 82.3 Å². The first-order valence-electron chi connectivity index (χ1n) is 21.1. The molecule has 15 nitrogen and oxygen atoms in total. The number of methoxy groups -OCH3 is 1. The van der Waals surface area contributed by atoms with Crippen molar-refractivity contribution in [2.24, 2.45) is 11.8 Å². The summed E-state index contributed by atoms with van der Waals surface area (Å²) in [4.78, 5) is 94.7. The largest absolute Gasteiger partial charge is 0.467 e. The van der Waals surface area contributed by atoms with Crippen molar-refractivity contribution >= 4 is 41.6 Å². The third-order valence-corrected chi connectivity index (χ3v) is 11.4. The number of amides is 6. The van der Waals surface area contributed by atoms with Gasteiger partial charge in [-0.2, -0.15) is 0 Å². The number of alkyl carbamates (subject to hydrolysis) is 1. The zero-order chi connectivity index (χ0) is 46.1. The zero-order valence-corrected chi connectivity index (χ0v) is 36.5. The normalized spacial score (nSPS) is 16.7. The average Bonchev–Trinajstić information content (AvgIpc) is 3.87. The van der Waals surface area contributed by atoms with Gasteiger partial charge in [-0.15, -0.1) is 0 Å². The molecule has 1 aliphatic carbocycles. The second-order valence-electron chi connectivity index (χ2n) is 16.6. The van der Waals surface area contributed by atoms with E-state index in [2.05, 4.69) is 26.6 Å². The van der Waals surface area contributed by atoms with Crippen LogP contribution in [0.3, 0.4) is 0 Å². The highest BCUT2D eigenvalue weighted by Gasteiger charge is 2.41. The van der Waals surface area contributed by atoms with Gasteiger partial charge in [0.25, 0.3) is 0 Å². The van der Waals surface area contributed by atoms with Crippen LogP contribution in [0.1, 0.15) is 77.0 Å². The molecule has 0 aromatic heterocycles. The first-order valence-corrected chi connectivity index (χ1v) is 21.1. The minimum Gasteiger partial charge on any atom is -0.467 e. The van der Waals surface area contributed by atoms with Crippen molar-refractivity contribution in [2.45, 2.75) is 103 Å². The summed E-state index contributed by atoms with van der Waals surface area (Å²) in [5, 5.41) is 12.8. The number of nitrogens with one attached hydrogen (secondary N) is 5. The Hall–Kier alpha value is -6.39. The zero-order valence-electron chi connectivity index (χ0n) is 36.5. The average molecular weight is 875 g/mol. The van der Waals surface area contributed by atoms with E-state index in [-0.39, 0.29) is 31.4 Å². The van der Waals surface area contributed by atoms with Crippen molar-refractivity contribution in [3.63, 3.8) is 0 Å². The Morgan fingerprint density at radius 1 is 0.683 bits per heavy atom. The van der Waals surface area contributed by atoms with Crippen molar-refractivity contribution in [2.75, 3.05) is 20.3 Å². The maximum Gasteiger partial charge on any atom is 0.407 e. The molecular formula is C46H56F2N6O9. The number of fused-ring (bicyclic) bond motifs is 3. The minimum atomic E-state index is -1.61. The number of benzene rings is 3. The third kappa shape index (κ3) is 11.4. The summed E-state index contributed by atoms with van der Waals surface area (Å²) in [7, 11) is 1.19. The Bertz CT molecular complexity index is 2140. The summed E-state index contributed by atoms with van der Waals surface area (Å²) in [6.45, 7) is 9.59. The summed E-state index contributed by atoms with van der Waals surface area (Å²) in [5.41, 5.74) is 3.62. The quantitative estimate of drug-likeness (QED) is 0.125. The van der Waals surface area contributed by atoms with E-state index in [1.165, 1.54) is 25.9 Å². The minimum absolute atomic E-state index is 0.00790. The van der Waals surface area contributed by atoms with Gasteiger partial charge < -0.3 is 41.0 Å². The SMILES string of the molecule is COC(=O)[C@@H](NC(=O)[C@@H](NC(=O)[C@@H]1CCCN1C(=O)[C@H](Cc1c(F)cccc1F)NC(=O)[C@H](C)NC(=O)[C@H](C)NC(=O)OCC1c2ccccc2-c2ccccc21)C(C)C)C(C)C. The lowest BCUT2D eigenvalue weighted by atomic mass is 9.98. The Balaban J connectivity index is 1.23. The molecule has 3 aromatic carbocycles. The molecule has 63 heavy (non-hydrogen) atoms. The van der Waals surface area contributed by atoms with Crippen LogP contribution in [-0.4, -0.2) is 103 Å². The topological polar surface area (TPSA) is 201 Å². The summed E-state index contributed by atoms with van der Waals surface area (Å²) in [6, 6.07) is 11.5. The smallest absolute Gasteiger partial charge is 0.407 e. The van der Waals surface area contributed by atoms with Gasteiger partial charge in [0.15, 0.2) is 0 Å². The second-order valence-corrected chi connectivity index (χ2v) is 16.6. The van der Waals surface area contributed by atoms with Crippen molar-refractivity contribution in [1.82, 2.24) is 31.5 Å². The van der Waals surface area contributed by atoms with Crippen LogP contribution < -0.4 is 26.6 Å². The van der Waals surface area contributed by atoms with Crippen LogP contribution in [0.4, 0.5) is 13.6 Å². The van der Waals surface area contributed by atoms with Gasteiger partial charge in [0, 0.05) is 24.4 Å². The first kappa shape index (κ1) is 47.7. The van der Waals surface area contributed by atoms with Crippen LogP contribution in [-0.2, 0) is 44.7 Å². The molecule has 338 valence electrons. The lowest BCUT2D eigenvalue weighted by molar-refractivity contribution is -0.147. The van der Waals surface area contributed by atoms with E-state index in [4.69, 9.17) is 9.47 Å². The van der Waals surface area contributed by atoms with Gasteiger partial charge in [-0.05, 0) is 72.9 Å². The number of hydrogen-bond donors (Lipinski definition) is 5. The molecule has 1 fully saturated rings. The van der Waals surface area contributed by atoms with Crippen molar-refractivity contribution in [1.29, 1.82) is 0 Å². The Kier molecular flexibility index (Phi) is 16.0. The summed E-state index contributed by atoms with van der Waals surface area (Å²) >= 11 is 0. The van der Waals surface area contributed by atoms with E-state index < -0.39 is 107 Å². The number of hydrogen-bond acceptors (Lipinski definition) is 9. The number of ether oxygens (including phenoxy) is 2. The van der Waals surface area contributed by atoms with Crippen LogP contribution in [0.25, 0.3) is 11.1 Å². The fourth-order valence-electron chi connectivity index (χ4n) is 7.87. The molecule has 17 heteroatoms.